The molecule has 5 heteroatoms. The van der Waals surface area contributed by atoms with Crippen molar-refractivity contribution in [3.63, 3.8) is 0 Å². The van der Waals surface area contributed by atoms with Crippen LogP contribution in [0.1, 0.15) is 15.9 Å². The monoisotopic (exact) mass is 260 g/mol. The average molecular weight is 260 g/mol. The molecular weight excluding hydrogens is 247 g/mol. The first-order valence-electron chi connectivity index (χ1n) is 5.63. The van der Waals surface area contributed by atoms with E-state index in [1.165, 1.54) is 24.3 Å². The lowest BCUT2D eigenvalue weighted by atomic mass is 10.1. The fourth-order valence-electron chi connectivity index (χ4n) is 1.69. The highest BCUT2D eigenvalue weighted by atomic mass is 19.1. The number of phenols is 1. The first-order chi connectivity index (χ1) is 8.97. The van der Waals surface area contributed by atoms with Crippen LogP contribution in [0, 0.1) is 12.7 Å². The number of hydrogen-bond acceptors (Lipinski definition) is 3. The number of nitrogens with one attached hydrogen (secondary N) is 1. The Balaban J connectivity index is 2.25. The molecule has 0 aliphatic carbocycles. The summed E-state index contributed by atoms with van der Waals surface area (Å²) in [6, 6.07) is 8.39. The Morgan fingerprint density at radius 1 is 1.26 bits per heavy atom. The Hall–Kier alpha value is -2.56. The summed E-state index contributed by atoms with van der Waals surface area (Å²) in [6.07, 6.45) is 0. The standard InChI is InChI=1S/C14H13FN2O2/c1-8-6-10(18)3-5-13(8)17-14(19)11-4-2-9(16)7-12(11)15/h2-7,18H,16H2,1H3,(H,17,19). The number of benzene rings is 2. The second-order valence-corrected chi connectivity index (χ2v) is 4.19. The van der Waals surface area contributed by atoms with Crippen LogP contribution in [-0.2, 0) is 0 Å². The van der Waals surface area contributed by atoms with E-state index in [9.17, 15) is 14.3 Å². The summed E-state index contributed by atoms with van der Waals surface area (Å²) in [5.74, 6) is -1.13. The van der Waals surface area contributed by atoms with Gasteiger partial charge >= 0.3 is 0 Å². The van der Waals surface area contributed by atoms with E-state index in [0.717, 1.165) is 6.07 Å². The molecule has 4 N–H and O–H groups in total. The van der Waals surface area contributed by atoms with Gasteiger partial charge in [-0.15, -0.1) is 0 Å². The average Bonchev–Trinajstić information content (AvgIpc) is 2.32. The van der Waals surface area contributed by atoms with E-state index in [1.807, 2.05) is 0 Å². The molecule has 1 amide bonds. The third kappa shape index (κ3) is 2.82. The lowest BCUT2D eigenvalue weighted by Gasteiger charge is -2.09. The summed E-state index contributed by atoms with van der Waals surface area (Å²) >= 11 is 0. The molecule has 0 atom stereocenters. The van der Waals surface area contributed by atoms with Crippen LogP contribution >= 0.6 is 0 Å². The Kier molecular flexibility index (Phi) is 3.37. The predicted molar refractivity (Wildman–Crippen MR) is 71.6 cm³/mol. The summed E-state index contributed by atoms with van der Waals surface area (Å²) in [5, 5.41) is 11.9. The fourth-order valence-corrected chi connectivity index (χ4v) is 1.69. The highest BCUT2D eigenvalue weighted by Gasteiger charge is 2.13. The zero-order valence-electron chi connectivity index (χ0n) is 10.3. The predicted octanol–water partition coefficient (Wildman–Crippen LogP) is 2.67. The number of aryl methyl sites for hydroxylation is 1. The maximum Gasteiger partial charge on any atom is 0.258 e. The van der Waals surface area contributed by atoms with Gasteiger partial charge in [0.05, 0.1) is 5.56 Å². The summed E-state index contributed by atoms with van der Waals surface area (Å²) in [6.45, 7) is 1.73. The summed E-state index contributed by atoms with van der Waals surface area (Å²) in [5.41, 5.74) is 6.80. The topological polar surface area (TPSA) is 75.3 Å². The summed E-state index contributed by atoms with van der Waals surface area (Å²) in [4.78, 5) is 11.9. The fraction of sp³-hybridized carbons (Fsp3) is 0.0714. The molecule has 0 aromatic heterocycles. The highest BCUT2D eigenvalue weighted by molar-refractivity contribution is 6.05. The van der Waals surface area contributed by atoms with Gasteiger partial charge in [-0.25, -0.2) is 4.39 Å². The van der Waals surface area contributed by atoms with Gasteiger partial charge in [-0.2, -0.15) is 0 Å². The van der Waals surface area contributed by atoms with Crippen LogP contribution in [0.2, 0.25) is 0 Å². The highest BCUT2D eigenvalue weighted by Crippen LogP contribution is 2.21. The number of nitrogens with two attached hydrogens (primary N) is 1. The number of phenolic OH excluding ortho intramolecular Hbond substituents is 1. The van der Waals surface area contributed by atoms with Crippen molar-refractivity contribution in [2.24, 2.45) is 0 Å². The normalized spacial score (nSPS) is 10.2. The van der Waals surface area contributed by atoms with E-state index in [2.05, 4.69) is 5.32 Å². The molecule has 2 aromatic carbocycles. The third-order valence-electron chi connectivity index (χ3n) is 2.70. The lowest BCUT2D eigenvalue weighted by molar-refractivity contribution is 0.102. The van der Waals surface area contributed by atoms with Gasteiger partial charge in [-0.05, 0) is 48.9 Å². The number of aromatic hydroxyl groups is 1. The maximum absolute atomic E-state index is 13.6. The molecule has 0 fully saturated rings. The Morgan fingerprint density at radius 2 is 2.00 bits per heavy atom. The third-order valence-corrected chi connectivity index (χ3v) is 2.70. The van der Waals surface area contributed by atoms with Gasteiger partial charge < -0.3 is 16.2 Å². The lowest BCUT2D eigenvalue weighted by Crippen LogP contribution is -2.14. The van der Waals surface area contributed by atoms with Gasteiger partial charge in [0.15, 0.2) is 0 Å². The molecule has 2 rings (SSSR count). The minimum Gasteiger partial charge on any atom is -0.508 e. The van der Waals surface area contributed by atoms with Crippen LogP contribution < -0.4 is 11.1 Å². The Labute approximate surface area is 109 Å². The van der Waals surface area contributed by atoms with Gasteiger partial charge in [0.1, 0.15) is 11.6 Å². The summed E-state index contributed by atoms with van der Waals surface area (Å²) in [7, 11) is 0. The van der Waals surface area contributed by atoms with Crippen molar-refractivity contribution in [3.05, 3.63) is 53.3 Å². The molecule has 0 aliphatic heterocycles. The molecule has 0 saturated heterocycles. The van der Waals surface area contributed by atoms with Crippen molar-refractivity contribution in [3.8, 4) is 5.75 Å². The van der Waals surface area contributed by atoms with Crippen molar-refractivity contribution in [2.45, 2.75) is 6.92 Å². The van der Waals surface area contributed by atoms with E-state index in [4.69, 9.17) is 5.73 Å². The molecule has 2 aromatic rings. The van der Waals surface area contributed by atoms with Crippen LogP contribution in [0.3, 0.4) is 0 Å². The molecule has 4 nitrogen and oxygen atoms in total. The maximum atomic E-state index is 13.6. The van der Waals surface area contributed by atoms with Crippen LogP contribution in [-0.4, -0.2) is 11.0 Å². The largest absolute Gasteiger partial charge is 0.508 e. The molecule has 0 spiro atoms. The van der Waals surface area contributed by atoms with Crippen LogP contribution in [0.15, 0.2) is 36.4 Å². The first-order valence-corrected chi connectivity index (χ1v) is 5.63. The number of anilines is 2. The van der Waals surface area contributed by atoms with Crippen molar-refractivity contribution < 1.29 is 14.3 Å². The SMILES string of the molecule is Cc1cc(O)ccc1NC(=O)c1ccc(N)cc1F. The van der Waals surface area contributed by atoms with E-state index in [-0.39, 0.29) is 17.0 Å². The molecule has 0 heterocycles. The number of carbonyl (C=O) groups excluding carboxylic acids is 1. The van der Waals surface area contributed by atoms with Crippen LogP contribution in [0.4, 0.5) is 15.8 Å². The van der Waals surface area contributed by atoms with Gasteiger partial charge in [0.2, 0.25) is 0 Å². The molecule has 0 unspecified atom stereocenters. The molecule has 19 heavy (non-hydrogen) atoms. The molecule has 0 radical (unpaired) electrons. The first kappa shape index (κ1) is 12.9. The smallest absolute Gasteiger partial charge is 0.258 e. The Morgan fingerprint density at radius 3 is 2.63 bits per heavy atom. The molecule has 0 bridgehead atoms. The molecular formula is C14H13FN2O2. The minimum atomic E-state index is -0.672. The quantitative estimate of drug-likeness (QED) is 0.574. The number of nitrogen functional groups attached to an aromatic ring is 1. The zero-order chi connectivity index (χ0) is 14.0. The number of amides is 1. The summed E-state index contributed by atoms with van der Waals surface area (Å²) < 4.78 is 13.6. The Bertz CT molecular complexity index is 641. The second kappa shape index (κ2) is 4.97. The van der Waals surface area contributed by atoms with Crippen molar-refractivity contribution in [2.75, 3.05) is 11.1 Å². The molecule has 0 saturated carbocycles. The number of carbonyl (C=O) groups is 1. The molecule has 98 valence electrons. The number of hydrogen-bond donors (Lipinski definition) is 3. The van der Waals surface area contributed by atoms with E-state index in [0.29, 0.717) is 11.3 Å². The van der Waals surface area contributed by atoms with Gasteiger partial charge in [0.25, 0.3) is 5.91 Å². The number of rotatable bonds is 2. The van der Waals surface area contributed by atoms with Crippen molar-refractivity contribution in [1.29, 1.82) is 0 Å². The van der Waals surface area contributed by atoms with Gasteiger partial charge in [0, 0.05) is 11.4 Å². The van der Waals surface area contributed by atoms with Crippen LogP contribution in [0.5, 0.6) is 5.75 Å². The second-order valence-electron chi connectivity index (χ2n) is 4.19. The van der Waals surface area contributed by atoms with Crippen molar-refractivity contribution in [1.82, 2.24) is 0 Å². The minimum absolute atomic E-state index is 0.0818. The van der Waals surface area contributed by atoms with E-state index >= 15 is 0 Å². The van der Waals surface area contributed by atoms with E-state index in [1.54, 1.807) is 13.0 Å². The molecule has 0 aliphatic rings. The van der Waals surface area contributed by atoms with Crippen molar-refractivity contribution >= 4 is 17.3 Å². The zero-order valence-corrected chi connectivity index (χ0v) is 10.3. The van der Waals surface area contributed by atoms with Gasteiger partial charge in [-0.3, -0.25) is 4.79 Å². The number of halogens is 1. The van der Waals surface area contributed by atoms with Gasteiger partial charge in [-0.1, -0.05) is 0 Å². The van der Waals surface area contributed by atoms with E-state index < -0.39 is 11.7 Å². The van der Waals surface area contributed by atoms with Crippen LogP contribution in [0.25, 0.3) is 0 Å².